The summed E-state index contributed by atoms with van der Waals surface area (Å²) in [6.07, 6.45) is 0.498. The van der Waals surface area contributed by atoms with E-state index in [2.05, 4.69) is 11.1 Å². The lowest BCUT2D eigenvalue weighted by Crippen LogP contribution is -2.40. The zero-order chi connectivity index (χ0) is 14.9. The number of amides is 1. The van der Waals surface area contributed by atoms with Crippen molar-refractivity contribution in [2.75, 3.05) is 6.54 Å². The molecule has 1 aromatic rings. The monoisotopic (exact) mass is 277 g/mol. The molecule has 5 heteroatoms. The van der Waals surface area contributed by atoms with Gasteiger partial charge in [0.2, 0.25) is 0 Å². The summed E-state index contributed by atoms with van der Waals surface area (Å²) in [5, 5.41) is 0. The van der Waals surface area contributed by atoms with Gasteiger partial charge in [0, 0.05) is 30.9 Å². The third-order valence-electron chi connectivity index (χ3n) is 3.34. The SMILES string of the molecule is Cc1nc2c(cc1CN)CN(C(=O)OC(C)(C)C)CC2. The molecule has 1 aliphatic heterocycles. The molecular weight excluding hydrogens is 254 g/mol. The fourth-order valence-corrected chi connectivity index (χ4v) is 2.31. The molecule has 0 saturated heterocycles. The predicted molar refractivity (Wildman–Crippen MR) is 77.2 cm³/mol. The number of aromatic nitrogens is 1. The van der Waals surface area contributed by atoms with E-state index in [-0.39, 0.29) is 6.09 Å². The Bertz CT molecular complexity index is 521. The molecule has 0 aromatic carbocycles. The molecule has 0 saturated carbocycles. The maximum absolute atomic E-state index is 12.1. The molecule has 0 bridgehead atoms. The van der Waals surface area contributed by atoms with Gasteiger partial charge in [-0.05, 0) is 44.9 Å². The fourth-order valence-electron chi connectivity index (χ4n) is 2.31. The molecule has 0 aliphatic carbocycles. The molecule has 0 fully saturated rings. The number of hydrogen-bond donors (Lipinski definition) is 1. The number of carbonyl (C=O) groups is 1. The van der Waals surface area contributed by atoms with Gasteiger partial charge in [-0.2, -0.15) is 0 Å². The Morgan fingerprint density at radius 3 is 2.80 bits per heavy atom. The summed E-state index contributed by atoms with van der Waals surface area (Å²) < 4.78 is 5.41. The van der Waals surface area contributed by atoms with Crippen LogP contribution in [0.3, 0.4) is 0 Å². The number of fused-ring (bicyclic) bond motifs is 1. The van der Waals surface area contributed by atoms with Gasteiger partial charge in [-0.15, -0.1) is 0 Å². The number of pyridine rings is 1. The maximum Gasteiger partial charge on any atom is 0.410 e. The van der Waals surface area contributed by atoms with Crippen molar-refractivity contribution in [3.8, 4) is 0 Å². The molecular formula is C15H23N3O2. The minimum Gasteiger partial charge on any atom is -0.444 e. The normalized spacial score (nSPS) is 14.9. The molecule has 1 amide bonds. The highest BCUT2D eigenvalue weighted by Gasteiger charge is 2.26. The molecule has 0 spiro atoms. The third kappa shape index (κ3) is 3.28. The topological polar surface area (TPSA) is 68.5 Å². The maximum atomic E-state index is 12.1. The third-order valence-corrected chi connectivity index (χ3v) is 3.34. The highest BCUT2D eigenvalue weighted by molar-refractivity contribution is 5.68. The van der Waals surface area contributed by atoms with Crippen LogP contribution in [0.4, 0.5) is 4.79 Å². The number of rotatable bonds is 1. The molecule has 110 valence electrons. The lowest BCUT2D eigenvalue weighted by atomic mass is 10.0. The second-order valence-electron chi connectivity index (χ2n) is 6.19. The Morgan fingerprint density at radius 1 is 1.50 bits per heavy atom. The predicted octanol–water partition coefficient (Wildman–Crippen LogP) is 2.14. The van der Waals surface area contributed by atoms with Gasteiger partial charge in [0.05, 0.1) is 6.54 Å². The highest BCUT2D eigenvalue weighted by Crippen LogP contribution is 2.22. The molecule has 2 rings (SSSR count). The number of nitrogens with two attached hydrogens (primary N) is 1. The van der Waals surface area contributed by atoms with Crippen LogP contribution in [0.2, 0.25) is 0 Å². The fraction of sp³-hybridized carbons (Fsp3) is 0.600. The molecule has 2 N–H and O–H groups in total. The van der Waals surface area contributed by atoms with Gasteiger partial charge >= 0.3 is 6.09 Å². The molecule has 1 aliphatic rings. The van der Waals surface area contributed by atoms with Crippen molar-refractivity contribution in [2.24, 2.45) is 5.73 Å². The number of aryl methyl sites for hydroxylation is 1. The quantitative estimate of drug-likeness (QED) is 0.854. The minimum atomic E-state index is -0.467. The molecule has 0 atom stereocenters. The number of nitrogens with zero attached hydrogens (tertiary/aromatic N) is 2. The number of hydrogen-bond acceptors (Lipinski definition) is 4. The van der Waals surface area contributed by atoms with Crippen molar-refractivity contribution in [3.05, 3.63) is 28.6 Å². The number of carbonyl (C=O) groups excluding carboxylic acids is 1. The van der Waals surface area contributed by atoms with E-state index in [0.29, 0.717) is 19.6 Å². The van der Waals surface area contributed by atoms with Crippen LogP contribution >= 0.6 is 0 Å². The van der Waals surface area contributed by atoms with E-state index in [0.717, 1.165) is 28.9 Å². The van der Waals surface area contributed by atoms with Gasteiger partial charge < -0.3 is 15.4 Å². The first kappa shape index (κ1) is 14.8. The molecule has 0 unspecified atom stereocenters. The molecule has 0 radical (unpaired) electrons. The smallest absolute Gasteiger partial charge is 0.410 e. The molecule has 2 heterocycles. The van der Waals surface area contributed by atoms with Crippen molar-refractivity contribution in [2.45, 2.75) is 52.8 Å². The van der Waals surface area contributed by atoms with E-state index in [4.69, 9.17) is 10.5 Å². The van der Waals surface area contributed by atoms with Crippen LogP contribution in [-0.2, 0) is 24.2 Å². The van der Waals surface area contributed by atoms with Gasteiger partial charge in [-0.25, -0.2) is 4.79 Å². The van der Waals surface area contributed by atoms with Crippen molar-refractivity contribution in [3.63, 3.8) is 0 Å². The second-order valence-corrected chi connectivity index (χ2v) is 6.19. The van der Waals surface area contributed by atoms with E-state index in [1.807, 2.05) is 27.7 Å². The summed E-state index contributed by atoms with van der Waals surface area (Å²) in [5.41, 5.74) is 9.42. The van der Waals surface area contributed by atoms with Crippen molar-refractivity contribution >= 4 is 6.09 Å². The Balaban J connectivity index is 2.16. The lowest BCUT2D eigenvalue weighted by molar-refractivity contribution is 0.0222. The Morgan fingerprint density at radius 2 is 2.20 bits per heavy atom. The van der Waals surface area contributed by atoms with E-state index >= 15 is 0 Å². The lowest BCUT2D eigenvalue weighted by Gasteiger charge is -2.31. The van der Waals surface area contributed by atoms with Crippen molar-refractivity contribution in [1.82, 2.24) is 9.88 Å². The Hall–Kier alpha value is -1.62. The highest BCUT2D eigenvalue weighted by atomic mass is 16.6. The molecule has 20 heavy (non-hydrogen) atoms. The van der Waals surface area contributed by atoms with Gasteiger partial charge in [-0.1, -0.05) is 0 Å². The first-order valence-corrected chi connectivity index (χ1v) is 6.96. The van der Waals surface area contributed by atoms with Crippen LogP contribution in [0.15, 0.2) is 6.07 Å². The van der Waals surface area contributed by atoms with Crippen LogP contribution in [-0.4, -0.2) is 28.1 Å². The van der Waals surface area contributed by atoms with Crippen LogP contribution in [0.1, 0.15) is 43.3 Å². The standard InChI is InChI=1S/C15H23N3O2/c1-10-11(8-16)7-12-9-18(6-5-13(12)17-10)14(19)20-15(2,3)4/h7H,5-6,8-9,16H2,1-4H3. The summed E-state index contributed by atoms with van der Waals surface area (Å²) in [6.45, 7) is 9.27. The summed E-state index contributed by atoms with van der Waals surface area (Å²) >= 11 is 0. The Labute approximate surface area is 120 Å². The summed E-state index contributed by atoms with van der Waals surface area (Å²) in [4.78, 5) is 18.4. The van der Waals surface area contributed by atoms with E-state index in [1.165, 1.54) is 0 Å². The van der Waals surface area contributed by atoms with Gasteiger partial charge in [0.15, 0.2) is 0 Å². The van der Waals surface area contributed by atoms with E-state index in [9.17, 15) is 4.79 Å². The summed E-state index contributed by atoms with van der Waals surface area (Å²) in [7, 11) is 0. The van der Waals surface area contributed by atoms with Crippen LogP contribution in [0.25, 0.3) is 0 Å². The van der Waals surface area contributed by atoms with Crippen LogP contribution in [0.5, 0.6) is 0 Å². The largest absolute Gasteiger partial charge is 0.444 e. The average Bonchev–Trinajstić information content (AvgIpc) is 2.35. The van der Waals surface area contributed by atoms with Crippen LogP contribution in [0, 0.1) is 6.92 Å². The zero-order valence-electron chi connectivity index (χ0n) is 12.7. The van der Waals surface area contributed by atoms with Gasteiger partial charge in [0.25, 0.3) is 0 Å². The van der Waals surface area contributed by atoms with E-state index < -0.39 is 5.60 Å². The molecule has 1 aromatic heterocycles. The van der Waals surface area contributed by atoms with Crippen molar-refractivity contribution in [1.29, 1.82) is 0 Å². The van der Waals surface area contributed by atoms with Crippen LogP contribution < -0.4 is 5.73 Å². The van der Waals surface area contributed by atoms with Gasteiger partial charge in [-0.3, -0.25) is 4.98 Å². The number of ether oxygens (including phenoxy) is 1. The van der Waals surface area contributed by atoms with E-state index in [1.54, 1.807) is 4.90 Å². The first-order valence-electron chi connectivity index (χ1n) is 6.96. The first-order chi connectivity index (χ1) is 9.30. The summed E-state index contributed by atoms with van der Waals surface area (Å²) in [6, 6.07) is 2.06. The molecule has 5 nitrogen and oxygen atoms in total. The minimum absolute atomic E-state index is 0.266. The van der Waals surface area contributed by atoms with Crippen molar-refractivity contribution < 1.29 is 9.53 Å². The van der Waals surface area contributed by atoms with Gasteiger partial charge in [0.1, 0.15) is 5.60 Å². The average molecular weight is 277 g/mol. The second kappa shape index (κ2) is 5.40. The zero-order valence-corrected chi connectivity index (χ0v) is 12.7. The Kier molecular flexibility index (Phi) is 3.99. The summed E-state index contributed by atoms with van der Waals surface area (Å²) in [5.74, 6) is 0.